The summed E-state index contributed by atoms with van der Waals surface area (Å²) in [5.74, 6) is -0.867. The van der Waals surface area contributed by atoms with Gasteiger partial charge in [-0.3, -0.25) is 19.7 Å². The molecule has 0 bridgehead atoms. The number of hydrogen-bond donors (Lipinski definition) is 2. The van der Waals surface area contributed by atoms with Crippen molar-refractivity contribution in [1.82, 2.24) is 15.3 Å². The molecule has 11 heteroatoms. The van der Waals surface area contributed by atoms with Crippen molar-refractivity contribution in [1.29, 1.82) is 0 Å². The molecular formula is C17H30N3O7P. The average molecular weight is 419 g/mol. The van der Waals surface area contributed by atoms with E-state index in [0.29, 0.717) is 13.0 Å². The maximum Gasteiger partial charge on any atom is 0.323 e. The molecule has 1 aliphatic heterocycles. The Bertz CT molecular complexity index is 547. The summed E-state index contributed by atoms with van der Waals surface area (Å²) in [6, 6.07) is -0.556. The van der Waals surface area contributed by atoms with Crippen molar-refractivity contribution in [3.63, 3.8) is 0 Å². The van der Waals surface area contributed by atoms with Gasteiger partial charge in [-0.15, -0.1) is 0 Å². The van der Waals surface area contributed by atoms with Crippen LogP contribution in [0.5, 0.6) is 0 Å². The van der Waals surface area contributed by atoms with E-state index in [9.17, 15) is 14.4 Å². The number of carbonyl (C=O) groups excluding carboxylic acids is 3. The van der Waals surface area contributed by atoms with Gasteiger partial charge in [0.25, 0.3) is 14.4 Å². The van der Waals surface area contributed by atoms with Gasteiger partial charge < -0.3 is 23.4 Å². The van der Waals surface area contributed by atoms with Gasteiger partial charge in [0.1, 0.15) is 12.3 Å². The molecule has 4 atom stereocenters. The smallest absolute Gasteiger partial charge is 0.323 e. The quantitative estimate of drug-likeness (QED) is 0.207. The van der Waals surface area contributed by atoms with Crippen molar-refractivity contribution in [2.24, 2.45) is 0 Å². The molecule has 1 heterocycles. The standard InChI is InChI=1S/C17H30N3O7P/c1-12(2)26-17(23)13(3)19-28(24-5)25-10-14-6-7-16(27-14)20(4)9-8-15(22)18-11-21/h8-9,11-14,16,19H,6-7,10H2,1-5H3,(H,18,21,22)/b9-8-. The normalized spacial score (nSPS) is 21.5. The van der Waals surface area contributed by atoms with Gasteiger partial charge in [-0.25, -0.2) is 5.09 Å². The van der Waals surface area contributed by atoms with Gasteiger partial charge in [0, 0.05) is 26.4 Å². The van der Waals surface area contributed by atoms with E-state index in [1.165, 1.54) is 13.2 Å². The molecule has 1 rings (SSSR count). The van der Waals surface area contributed by atoms with Crippen LogP contribution in [0.1, 0.15) is 33.6 Å². The average Bonchev–Trinajstić information content (AvgIpc) is 3.11. The Balaban J connectivity index is 2.39. The first kappa shape index (κ1) is 24.5. The highest BCUT2D eigenvalue weighted by atomic mass is 31.2. The van der Waals surface area contributed by atoms with E-state index in [-0.39, 0.29) is 24.4 Å². The van der Waals surface area contributed by atoms with Crippen LogP contribution >= 0.6 is 8.53 Å². The molecule has 10 nitrogen and oxygen atoms in total. The van der Waals surface area contributed by atoms with Gasteiger partial charge in [-0.2, -0.15) is 0 Å². The fraction of sp³-hybridized carbons (Fsp3) is 0.706. The van der Waals surface area contributed by atoms with Gasteiger partial charge in [-0.05, 0) is 33.6 Å². The third-order valence-electron chi connectivity index (χ3n) is 3.75. The van der Waals surface area contributed by atoms with Crippen LogP contribution in [-0.2, 0) is 32.9 Å². The number of amides is 2. The lowest BCUT2D eigenvalue weighted by Gasteiger charge is -2.24. The van der Waals surface area contributed by atoms with Crippen LogP contribution < -0.4 is 10.4 Å². The maximum atomic E-state index is 11.9. The second-order valence-corrected chi connectivity index (χ2v) is 7.87. The topological polar surface area (TPSA) is 115 Å². The Morgan fingerprint density at radius 1 is 1.32 bits per heavy atom. The Morgan fingerprint density at radius 2 is 2.04 bits per heavy atom. The van der Waals surface area contributed by atoms with E-state index in [1.807, 2.05) is 5.32 Å². The van der Waals surface area contributed by atoms with Crippen molar-refractivity contribution in [3.05, 3.63) is 12.3 Å². The minimum atomic E-state index is -1.47. The monoisotopic (exact) mass is 419 g/mol. The molecule has 0 aromatic carbocycles. The zero-order chi connectivity index (χ0) is 21.1. The Labute approximate surface area is 166 Å². The summed E-state index contributed by atoms with van der Waals surface area (Å²) in [7, 11) is 1.82. The lowest BCUT2D eigenvalue weighted by Crippen LogP contribution is -2.34. The lowest BCUT2D eigenvalue weighted by atomic mass is 10.2. The number of nitrogens with zero attached hydrogens (tertiary/aromatic N) is 1. The minimum absolute atomic E-state index is 0.135. The zero-order valence-corrected chi connectivity index (χ0v) is 17.8. The second kappa shape index (κ2) is 12.8. The predicted molar refractivity (Wildman–Crippen MR) is 103 cm³/mol. The first-order chi connectivity index (χ1) is 13.3. The van der Waals surface area contributed by atoms with Crippen molar-refractivity contribution < 1.29 is 32.9 Å². The SMILES string of the molecule is COP(NC(C)C(=O)OC(C)C)OCC1CCC(N(C)/C=C\C(=O)NC=O)O1. The number of carbonyl (C=O) groups is 3. The summed E-state index contributed by atoms with van der Waals surface area (Å²) in [6.45, 7) is 5.56. The first-order valence-electron chi connectivity index (χ1n) is 9.00. The van der Waals surface area contributed by atoms with Gasteiger partial charge in [-0.1, -0.05) is 0 Å². The van der Waals surface area contributed by atoms with Crippen LogP contribution in [0, 0.1) is 0 Å². The van der Waals surface area contributed by atoms with Crippen molar-refractivity contribution in [2.45, 2.75) is 58.1 Å². The summed E-state index contributed by atoms with van der Waals surface area (Å²) in [4.78, 5) is 35.1. The fourth-order valence-corrected chi connectivity index (χ4v) is 3.34. The van der Waals surface area contributed by atoms with Crippen LogP contribution in [-0.4, -0.2) is 68.4 Å². The number of rotatable bonds is 12. The third-order valence-corrected chi connectivity index (χ3v) is 5.06. The maximum absolute atomic E-state index is 11.9. The molecule has 0 aromatic heterocycles. The molecule has 160 valence electrons. The molecule has 0 radical (unpaired) electrons. The molecule has 28 heavy (non-hydrogen) atoms. The predicted octanol–water partition coefficient (Wildman–Crippen LogP) is 1.03. The third kappa shape index (κ3) is 9.07. The number of hydrogen-bond acceptors (Lipinski definition) is 9. The Hall–Kier alpha value is -1.58. The van der Waals surface area contributed by atoms with E-state index in [4.69, 9.17) is 18.5 Å². The molecule has 1 fully saturated rings. The van der Waals surface area contributed by atoms with E-state index in [1.54, 1.807) is 38.9 Å². The molecule has 2 N–H and O–H groups in total. The largest absolute Gasteiger partial charge is 0.462 e. The molecule has 0 saturated carbocycles. The van der Waals surface area contributed by atoms with Gasteiger partial charge >= 0.3 is 5.97 Å². The fourth-order valence-electron chi connectivity index (χ4n) is 2.34. The van der Waals surface area contributed by atoms with Crippen LogP contribution in [0.2, 0.25) is 0 Å². The highest BCUT2D eigenvalue weighted by molar-refractivity contribution is 7.45. The van der Waals surface area contributed by atoms with Gasteiger partial charge in [0.05, 0.1) is 18.8 Å². The summed E-state index contributed by atoms with van der Waals surface area (Å²) in [6.07, 6.45) is 4.16. The van der Waals surface area contributed by atoms with Gasteiger partial charge in [0.15, 0.2) is 0 Å². The van der Waals surface area contributed by atoms with Crippen LogP contribution in [0.15, 0.2) is 12.3 Å². The molecule has 4 unspecified atom stereocenters. The number of esters is 1. The number of imide groups is 1. The molecular weight excluding hydrogens is 389 g/mol. The number of ether oxygens (including phenoxy) is 2. The summed E-state index contributed by atoms with van der Waals surface area (Å²) in [5, 5.41) is 5.00. The van der Waals surface area contributed by atoms with Crippen molar-refractivity contribution in [3.8, 4) is 0 Å². The van der Waals surface area contributed by atoms with Crippen molar-refractivity contribution >= 4 is 26.8 Å². The highest BCUT2D eigenvalue weighted by Crippen LogP contribution is 2.35. The molecule has 0 aliphatic carbocycles. The second-order valence-electron chi connectivity index (χ2n) is 6.47. The summed E-state index contributed by atoms with van der Waals surface area (Å²) >= 11 is 0. The minimum Gasteiger partial charge on any atom is -0.462 e. The molecule has 0 spiro atoms. The zero-order valence-electron chi connectivity index (χ0n) is 16.9. The van der Waals surface area contributed by atoms with E-state index >= 15 is 0 Å². The van der Waals surface area contributed by atoms with E-state index in [0.717, 1.165) is 12.8 Å². The molecule has 0 aromatic rings. The van der Waals surface area contributed by atoms with Crippen LogP contribution in [0.25, 0.3) is 0 Å². The van der Waals surface area contributed by atoms with Crippen LogP contribution in [0.3, 0.4) is 0 Å². The molecule has 1 saturated heterocycles. The Morgan fingerprint density at radius 3 is 2.64 bits per heavy atom. The lowest BCUT2D eigenvalue weighted by molar-refractivity contribution is -0.149. The highest BCUT2D eigenvalue weighted by Gasteiger charge is 2.29. The van der Waals surface area contributed by atoms with Gasteiger partial charge in [0.2, 0.25) is 6.41 Å². The van der Waals surface area contributed by atoms with E-state index < -0.39 is 20.5 Å². The first-order valence-corrected chi connectivity index (χ1v) is 10.2. The van der Waals surface area contributed by atoms with Crippen LogP contribution in [0.4, 0.5) is 0 Å². The Kier molecular flexibility index (Phi) is 11.2. The molecule has 2 amide bonds. The van der Waals surface area contributed by atoms with E-state index in [2.05, 4.69) is 5.09 Å². The number of nitrogens with one attached hydrogen (secondary N) is 2. The molecule has 1 aliphatic rings. The van der Waals surface area contributed by atoms with Crippen molar-refractivity contribution in [2.75, 3.05) is 20.8 Å². The summed E-state index contributed by atoms with van der Waals surface area (Å²) < 4.78 is 22.0. The summed E-state index contributed by atoms with van der Waals surface area (Å²) in [5.41, 5.74) is 0.